The van der Waals surface area contributed by atoms with E-state index in [-0.39, 0.29) is 0 Å². The third-order valence-electron chi connectivity index (χ3n) is 2.93. The second kappa shape index (κ2) is 10.1. The van der Waals surface area contributed by atoms with Crippen LogP contribution in [0.1, 0.15) is 23.6 Å². The molecule has 1 aromatic rings. The normalized spacial score (nSPS) is 12.3. The molecule has 0 fully saturated rings. The number of carbonyl (C=O) groups is 1. The number of benzene rings is 1. The van der Waals surface area contributed by atoms with Gasteiger partial charge in [-0.2, -0.15) is 23.5 Å². The Balaban J connectivity index is 2.59. The number of rotatable bonds is 10. The van der Waals surface area contributed by atoms with Crippen LogP contribution in [0.2, 0.25) is 0 Å². The summed E-state index contributed by atoms with van der Waals surface area (Å²) in [7, 11) is 0. The summed E-state index contributed by atoms with van der Waals surface area (Å²) in [4.78, 5) is 10.7. The maximum atomic E-state index is 10.7. The monoisotopic (exact) mass is 328 g/mol. The minimum atomic E-state index is -0.941. The van der Waals surface area contributed by atoms with Gasteiger partial charge in [-0.25, -0.2) is 0 Å². The molecule has 0 aromatic heterocycles. The lowest BCUT2D eigenvalue weighted by Crippen LogP contribution is -2.32. The highest BCUT2D eigenvalue weighted by atomic mass is 32.2. The summed E-state index contributed by atoms with van der Waals surface area (Å²) in [5, 5.41) is 8.77. The number of hydrogen-bond donors (Lipinski definition) is 3. The summed E-state index contributed by atoms with van der Waals surface area (Å²) in [6.07, 6.45) is 1.00. The molecule has 5 N–H and O–H groups in total. The third-order valence-corrected chi connectivity index (χ3v) is 5.13. The van der Waals surface area contributed by atoms with Gasteiger partial charge in [0.05, 0.1) is 0 Å². The van der Waals surface area contributed by atoms with E-state index in [2.05, 4.69) is 25.1 Å². The maximum absolute atomic E-state index is 10.7. The molecule has 0 aliphatic heterocycles. The molecule has 0 radical (unpaired) electrons. The van der Waals surface area contributed by atoms with Gasteiger partial charge in [0.25, 0.3) is 0 Å². The number of aliphatic carboxylic acids is 1. The van der Waals surface area contributed by atoms with Crippen LogP contribution in [0, 0.1) is 0 Å². The van der Waals surface area contributed by atoms with Gasteiger partial charge in [-0.05, 0) is 23.1 Å². The molecular weight excluding hydrogens is 304 g/mol. The van der Waals surface area contributed by atoms with Gasteiger partial charge >= 0.3 is 5.97 Å². The molecule has 0 bridgehead atoms. The molecule has 0 aliphatic carbocycles. The van der Waals surface area contributed by atoms with E-state index in [1.807, 2.05) is 11.8 Å². The molecule has 0 spiro atoms. The summed E-state index contributed by atoms with van der Waals surface area (Å²) < 4.78 is 0. The largest absolute Gasteiger partial charge is 0.480 e. The highest BCUT2D eigenvalue weighted by molar-refractivity contribution is 7.98. The Morgan fingerprint density at radius 1 is 1.19 bits per heavy atom. The van der Waals surface area contributed by atoms with Gasteiger partial charge < -0.3 is 16.6 Å². The van der Waals surface area contributed by atoms with Crippen LogP contribution in [0.25, 0.3) is 0 Å². The second-order valence-electron chi connectivity index (χ2n) is 4.81. The van der Waals surface area contributed by atoms with Crippen molar-refractivity contribution in [3.8, 4) is 0 Å². The molecule has 0 saturated heterocycles. The quantitative estimate of drug-likeness (QED) is 0.570. The summed E-state index contributed by atoms with van der Waals surface area (Å²) in [6.45, 7) is 2.84. The van der Waals surface area contributed by atoms with Crippen molar-refractivity contribution in [2.75, 3.05) is 18.1 Å². The minimum absolute atomic E-state index is 0.433. The summed E-state index contributed by atoms with van der Waals surface area (Å²) in [5.41, 5.74) is 14.9. The fourth-order valence-electron chi connectivity index (χ4n) is 1.86. The van der Waals surface area contributed by atoms with Crippen molar-refractivity contribution in [1.29, 1.82) is 0 Å². The van der Waals surface area contributed by atoms with Crippen LogP contribution in [-0.2, 0) is 22.7 Å². The molecule has 118 valence electrons. The first kappa shape index (κ1) is 18.4. The fourth-order valence-corrected chi connectivity index (χ4v) is 3.49. The number of hydrogen-bond acceptors (Lipinski definition) is 5. The van der Waals surface area contributed by atoms with E-state index in [9.17, 15) is 4.79 Å². The van der Waals surface area contributed by atoms with Crippen molar-refractivity contribution in [1.82, 2.24) is 0 Å². The topological polar surface area (TPSA) is 89.3 Å². The van der Waals surface area contributed by atoms with Crippen LogP contribution < -0.4 is 11.5 Å². The summed E-state index contributed by atoms with van der Waals surface area (Å²) in [5.74, 6) is 2.22. The molecule has 0 aliphatic rings. The average Bonchev–Trinajstić information content (AvgIpc) is 2.47. The van der Waals surface area contributed by atoms with E-state index in [0.29, 0.717) is 12.3 Å². The molecule has 0 heterocycles. The number of thioether (sulfide) groups is 2. The van der Waals surface area contributed by atoms with Crippen molar-refractivity contribution in [2.24, 2.45) is 11.5 Å². The molecule has 1 unspecified atom stereocenters. The molecule has 4 nitrogen and oxygen atoms in total. The van der Waals surface area contributed by atoms with E-state index in [1.165, 1.54) is 16.7 Å². The number of carboxylic acid groups (broad SMARTS) is 1. The second-order valence-corrected chi connectivity index (χ2v) is 6.95. The first-order chi connectivity index (χ1) is 10.1. The number of aryl methyl sites for hydroxylation is 1. The molecule has 0 saturated carbocycles. The van der Waals surface area contributed by atoms with E-state index in [1.54, 1.807) is 11.8 Å². The van der Waals surface area contributed by atoms with E-state index < -0.39 is 12.0 Å². The zero-order chi connectivity index (χ0) is 15.7. The minimum Gasteiger partial charge on any atom is -0.480 e. The number of nitrogens with two attached hydrogens (primary N) is 2. The van der Waals surface area contributed by atoms with Gasteiger partial charge in [0, 0.05) is 29.6 Å². The third kappa shape index (κ3) is 7.22. The lowest BCUT2D eigenvalue weighted by molar-refractivity contribution is -0.137. The highest BCUT2D eigenvalue weighted by Gasteiger charge is 2.11. The Morgan fingerprint density at radius 3 is 2.29 bits per heavy atom. The molecule has 1 atom stereocenters. The van der Waals surface area contributed by atoms with Crippen LogP contribution in [-0.4, -0.2) is 35.2 Å². The first-order valence-electron chi connectivity index (χ1n) is 7.02. The molecule has 1 rings (SSSR count). The zero-order valence-corrected chi connectivity index (χ0v) is 14.0. The molecule has 0 amide bonds. The van der Waals surface area contributed by atoms with Crippen molar-refractivity contribution >= 4 is 29.5 Å². The van der Waals surface area contributed by atoms with Gasteiger partial charge in [-0.3, -0.25) is 4.79 Å². The smallest absolute Gasteiger partial charge is 0.321 e. The van der Waals surface area contributed by atoms with Gasteiger partial charge in [0.15, 0.2) is 0 Å². The molecular formula is C15H24N2O2S2. The molecule has 6 heteroatoms. The van der Waals surface area contributed by atoms with Crippen LogP contribution >= 0.6 is 23.5 Å². The SMILES string of the molecule is CCc1cc(CSCCN)cc(CSCC(N)C(=O)O)c1. The first-order valence-corrected chi connectivity index (χ1v) is 9.33. The molecule has 1 aromatic carbocycles. The van der Waals surface area contributed by atoms with Crippen LogP contribution in [0.4, 0.5) is 0 Å². The Morgan fingerprint density at radius 2 is 1.76 bits per heavy atom. The summed E-state index contributed by atoms with van der Waals surface area (Å²) in [6, 6.07) is 5.84. The van der Waals surface area contributed by atoms with Crippen molar-refractivity contribution in [3.63, 3.8) is 0 Å². The zero-order valence-electron chi connectivity index (χ0n) is 12.4. The summed E-state index contributed by atoms with van der Waals surface area (Å²) >= 11 is 3.40. The van der Waals surface area contributed by atoms with Crippen molar-refractivity contribution in [2.45, 2.75) is 30.9 Å². The van der Waals surface area contributed by atoms with Crippen molar-refractivity contribution < 1.29 is 9.90 Å². The Kier molecular flexibility index (Phi) is 8.84. The van der Waals surface area contributed by atoms with Crippen LogP contribution in [0.5, 0.6) is 0 Å². The number of carboxylic acids is 1. The maximum Gasteiger partial charge on any atom is 0.321 e. The Labute approximate surface area is 135 Å². The Hall–Kier alpha value is -0.690. The van der Waals surface area contributed by atoms with Crippen LogP contribution in [0.3, 0.4) is 0 Å². The molecule has 21 heavy (non-hydrogen) atoms. The van der Waals surface area contributed by atoms with Gasteiger partial charge in [0.2, 0.25) is 0 Å². The van der Waals surface area contributed by atoms with Crippen LogP contribution in [0.15, 0.2) is 18.2 Å². The lowest BCUT2D eigenvalue weighted by Gasteiger charge is -2.10. The van der Waals surface area contributed by atoms with E-state index in [4.69, 9.17) is 16.6 Å². The lowest BCUT2D eigenvalue weighted by atomic mass is 10.1. The predicted octanol–water partition coefficient (Wildman–Crippen LogP) is 2.09. The highest BCUT2D eigenvalue weighted by Crippen LogP contribution is 2.20. The standard InChI is InChI=1S/C15H24N2O2S2/c1-2-11-5-12(8-20-4-3-16)7-13(6-11)9-21-10-14(17)15(18)19/h5-7,14H,2-4,8-10,16-17H2,1H3,(H,18,19). The van der Waals surface area contributed by atoms with Crippen molar-refractivity contribution in [3.05, 3.63) is 34.9 Å². The predicted molar refractivity (Wildman–Crippen MR) is 92.8 cm³/mol. The van der Waals surface area contributed by atoms with Gasteiger partial charge in [-0.1, -0.05) is 25.1 Å². The van der Waals surface area contributed by atoms with Gasteiger partial charge in [-0.15, -0.1) is 0 Å². The van der Waals surface area contributed by atoms with E-state index >= 15 is 0 Å². The van der Waals surface area contributed by atoms with Gasteiger partial charge in [0.1, 0.15) is 6.04 Å². The Bertz CT molecular complexity index is 455. The fraction of sp³-hybridized carbons (Fsp3) is 0.533. The van der Waals surface area contributed by atoms with E-state index in [0.717, 1.165) is 23.7 Å². The average molecular weight is 329 g/mol.